The summed E-state index contributed by atoms with van der Waals surface area (Å²) in [4.78, 5) is 32.5. The second kappa shape index (κ2) is 8.51. The first kappa shape index (κ1) is 20.0. The van der Waals surface area contributed by atoms with E-state index in [0.29, 0.717) is 35.3 Å². The summed E-state index contributed by atoms with van der Waals surface area (Å²) in [7, 11) is 0. The van der Waals surface area contributed by atoms with Gasteiger partial charge in [-0.2, -0.15) is 8.78 Å². The van der Waals surface area contributed by atoms with Gasteiger partial charge in [0.05, 0.1) is 12.3 Å². The van der Waals surface area contributed by atoms with Gasteiger partial charge in [0.2, 0.25) is 0 Å². The Bertz CT molecular complexity index is 857. The van der Waals surface area contributed by atoms with Crippen LogP contribution in [0, 0.1) is 6.92 Å². The first-order valence-electron chi connectivity index (χ1n) is 8.63. The predicted molar refractivity (Wildman–Crippen MR) is 99.0 cm³/mol. The molecule has 2 amide bonds. The fourth-order valence-electron chi connectivity index (χ4n) is 2.79. The van der Waals surface area contributed by atoms with Crippen molar-refractivity contribution in [1.29, 1.82) is 0 Å². The van der Waals surface area contributed by atoms with E-state index in [9.17, 15) is 18.4 Å². The summed E-state index contributed by atoms with van der Waals surface area (Å²) in [5, 5.41) is 0.453. The lowest BCUT2D eigenvalue weighted by Crippen LogP contribution is -2.31. The van der Waals surface area contributed by atoms with Crippen LogP contribution in [0.1, 0.15) is 27.9 Å². The Hall–Kier alpha value is -2.75. The smallest absolute Gasteiger partial charge is 0.387 e. The topological polar surface area (TPSA) is 72.0 Å². The van der Waals surface area contributed by atoms with Crippen molar-refractivity contribution in [3.8, 4) is 5.75 Å². The molecule has 1 aromatic carbocycles. The Morgan fingerprint density at radius 2 is 2.00 bits per heavy atom. The third-order valence-corrected chi connectivity index (χ3v) is 5.25. The molecule has 0 radical (unpaired) electrons. The molecule has 1 fully saturated rings. The van der Waals surface area contributed by atoms with Gasteiger partial charge in [-0.1, -0.05) is 23.5 Å². The van der Waals surface area contributed by atoms with Crippen molar-refractivity contribution < 1.29 is 27.8 Å². The van der Waals surface area contributed by atoms with E-state index in [1.54, 1.807) is 30.9 Å². The standard InChI is InChI=1S/C18H19F2N3O4S/c1-3-26-15(24)14-11(2)21-17(28-14)23-9-8-22(18(23)25)10-12-4-6-13(7-5-12)27-16(19)20/h4-7,16H,3,8-10H2,1-2H3. The van der Waals surface area contributed by atoms with Crippen molar-refractivity contribution in [2.45, 2.75) is 27.0 Å². The van der Waals surface area contributed by atoms with Crippen LogP contribution in [0.5, 0.6) is 5.75 Å². The minimum Gasteiger partial charge on any atom is -0.462 e. The molecule has 7 nitrogen and oxygen atoms in total. The van der Waals surface area contributed by atoms with Gasteiger partial charge in [-0.3, -0.25) is 4.90 Å². The second-order valence-corrected chi connectivity index (χ2v) is 6.99. The number of nitrogens with zero attached hydrogens (tertiary/aromatic N) is 3. The molecule has 1 aliphatic rings. The minimum absolute atomic E-state index is 0.0675. The highest BCUT2D eigenvalue weighted by Crippen LogP contribution is 2.30. The number of alkyl halides is 2. The molecule has 2 aromatic rings. The fourth-order valence-corrected chi connectivity index (χ4v) is 3.77. The van der Waals surface area contributed by atoms with E-state index in [4.69, 9.17) is 4.74 Å². The summed E-state index contributed by atoms with van der Waals surface area (Å²) in [6.45, 7) is 2.09. The number of halogens is 2. The molecule has 28 heavy (non-hydrogen) atoms. The number of urea groups is 1. The zero-order chi connectivity index (χ0) is 20.3. The minimum atomic E-state index is -2.87. The number of rotatable bonds is 7. The van der Waals surface area contributed by atoms with Crippen molar-refractivity contribution >= 4 is 28.5 Å². The lowest BCUT2D eigenvalue weighted by atomic mass is 10.2. The predicted octanol–water partition coefficient (Wildman–Crippen LogP) is 3.67. The monoisotopic (exact) mass is 411 g/mol. The quantitative estimate of drug-likeness (QED) is 0.650. The lowest BCUT2D eigenvalue weighted by molar-refractivity contribution is -0.0498. The third kappa shape index (κ3) is 4.38. The van der Waals surface area contributed by atoms with Gasteiger partial charge >= 0.3 is 18.6 Å². The number of thiazole rings is 1. The molecule has 1 saturated heterocycles. The lowest BCUT2D eigenvalue weighted by Gasteiger charge is -2.17. The maximum atomic E-state index is 12.7. The number of carbonyl (C=O) groups excluding carboxylic acids is 2. The summed E-state index contributed by atoms with van der Waals surface area (Å²) in [6, 6.07) is 5.93. The summed E-state index contributed by atoms with van der Waals surface area (Å²) in [6.07, 6.45) is 0. The number of aryl methyl sites for hydroxylation is 1. The van der Waals surface area contributed by atoms with Gasteiger partial charge < -0.3 is 14.4 Å². The molecular formula is C18H19F2N3O4S. The zero-order valence-corrected chi connectivity index (χ0v) is 16.2. The van der Waals surface area contributed by atoms with E-state index < -0.39 is 12.6 Å². The average molecular weight is 411 g/mol. The van der Waals surface area contributed by atoms with E-state index in [0.717, 1.165) is 16.9 Å². The molecule has 0 unspecified atom stereocenters. The van der Waals surface area contributed by atoms with E-state index in [2.05, 4.69) is 9.72 Å². The second-order valence-electron chi connectivity index (χ2n) is 6.01. The van der Waals surface area contributed by atoms with Gasteiger partial charge in [-0.25, -0.2) is 14.6 Å². The summed E-state index contributed by atoms with van der Waals surface area (Å²) >= 11 is 1.13. The SMILES string of the molecule is CCOC(=O)c1sc(N2CCN(Cc3ccc(OC(F)F)cc3)C2=O)nc1C. The third-order valence-electron chi connectivity index (χ3n) is 4.09. The van der Waals surface area contributed by atoms with Crippen LogP contribution in [0.15, 0.2) is 24.3 Å². The Morgan fingerprint density at radius 1 is 1.29 bits per heavy atom. The van der Waals surface area contributed by atoms with E-state index >= 15 is 0 Å². The number of esters is 1. The first-order chi connectivity index (χ1) is 13.4. The van der Waals surface area contributed by atoms with Crippen LogP contribution in [0.25, 0.3) is 0 Å². The number of aromatic nitrogens is 1. The van der Waals surface area contributed by atoms with Crippen molar-refractivity contribution in [3.05, 3.63) is 40.4 Å². The van der Waals surface area contributed by atoms with Crippen LogP contribution in [-0.2, 0) is 11.3 Å². The van der Waals surface area contributed by atoms with Gasteiger partial charge in [-0.15, -0.1) is 0 Å². The van der Waals surface area contributed by atoms with Gasteiger partial charge in [0, 0.05) is 19.6 Å². The highest BCUT2D eigenvalue weighted by molar-refractivity contribution is 7.17. The molecule has 2 heterocycles. The van der Waals surface area contributed by atoms with Crippen LogP contribution in [-0.4, -0.2) is 48.2 Å². The molecule has 0 aliphatic carbocycles. The van der Waals surface area contributed by atoms with Gasteiger partial charge in [0.15, 0.2) is 5.13 Å². The zero-order valence-electron chi connectivity index (χ0n) is 15.4. The number of hydrogen-bond acceptors (Lipinski definition) is 6. The largest absolute Gasteiger partial charge is 0.462 e. The molecule has 0 bridgehead atoms. The van der Waals surface area contributed by atoms with Crippen molar-refractivity contribution in [2.75, 3.05) is 24.6 Å². The molecule has 3 rings (SSSR count). The van der Waals surface area contributed by atoms with Gasteiger partial charge in [0.1, 0.15) is 10.6 Å². The maximum Gasteiger partial charge on any atom is 0.387 e. The van der Waals surface area contributed by atoms with Crippen LogP contribution in [0.2, 0.25) is 0 Å². The molecule has 0 N–H and O–H groups in total. The summed E-state index contributed by atoms with van der Waals surface area (Å²) in [5.74, 6) is -0.378. The Balaban J connectivity index is 1.66. The molecule has 0 atom stereocenters. The first-order valence-corrected chi connectivity index (χ1v) is 9.45. The number of amides is 2. The van der Waals surface area contributed by atoms with Crippen molar-refractivity contribution in [2.24, 2.45) is 0 Å². The Labute approximate surface area is 164 Å². The molecule has 1 aliphatic heterocycles. The average Bonchev–Trinajstić information content (AvgIpc) is 3.19. The Kier molecular flexibility index (Phi) is 6.08. The van der Waals surface area contributed by atoms with Crippen molar-refractivity contribution in [1.82, 2.24) is 9.88 Å². The summed E-state index contributed by atoms with van der Waals surface area (Å²) < 4.78 is 33.7. The van der Waals surface area contributed by atoms with Gasteiger partial charge in [0.25, 0.3) is 0 Å². The normalized spacial score (nSPS) is 14.1. The number of carbonyl (C=O) groups is 2. The van der Waals surface area contributed by atoms with Gasteiger partial charge in [-0.05, 0) is 31.5 Å². The molecular weight excluding hydrogens is 392 g/mol. The number of anilines is 1. The highest BCUT2D eigenvalue weighted by atomic mass is 32.1. The van der Waals surface area contributed by atoms with Crippen LogP contribution in [0.4, 0.5) is 18.7 Å². The van der Waals surface area contributed by atoms with E-state index in [1.165, 1.54) is 17.0 Å². The maximum absolute atomic E-state index is 12.7. The van der Waals surface area contributed by atoms with E-state index in [-0.39, 0.29) is 18.4 Å². The molecule has 0 saturated carbocycles. The molecule has 1 aromatic heterocycles. The number of ether oxygens (including phenoxy) is 2. The number of hydrogen-bond donors (Lipinski definition) is 0. The van der Waals surface area contributed by atoms with Crippen LogP contribution < -0.4 is 9.64 Å². The molecule has 10 heteroatoms. The highest BCUT2D eigenvalue weighted by Gasteiger charge is 2.32. The number of benzene rings is 1. The van der Waals surface area contributed by atoms with Crippen LogP contribution >= 0.6 is 11.3 Å². The Morgan fingerprint density at radius 3 is 2.64 bits per heavy atom. The summed E-state index contributed by atoms with van der Waals surface area (Å²) in [5.41, 5.74) is 1.32. The molecule has 150 valence electrons. The van der Waals surface area contributed by atoms with E-state index in [1.807, 2.05) is 0 Å². The van der Waals surface area contributed by atoms with Crippen LogP contribution in [0.3, 0.4) is 0 Å². The fraction of sp³-hybridized carbons (Fsp3) is 0.389. The molecule has 0 spiro atoms. The van der Waals surface area contributed by atoms with Crippen molar-refractivity contribution in [3.63, 3.8) is 0 Å².